The lowest BCUT2D eigenvalue weighted by Gasteiger charge is -2.34. The van der Waals surface area contributed by atoms with E-state index in [0.717, 1.165) is 12.1 Å². The second kappa shape index (κ2) is 9.88. The van der Waals surface area contributed by atoms with Crippen LogP contribution in [0.5, 0.6) is 0 Å². The summed E-state index contributed by atoms with van der Waals surface area (Å²) in [5, 5.41) is 4.94. The van der Waals surface area contributed by atoms with E-state index in [2.05, 4.69) is 10.1 Å². The Morgan fingerprint density at radius 3 is 2.33 bits per heavy atom. The van der Waals surface area contributed by atoms with Crippen LogP contribution in [0.25, 0.3) is 10.9 Å². The van der Waals surface area contributed by atoms with Crippen LogP contribution in [0.15, 0.2) is 42.6 Å². The number of amides is 1. The van der Waals surface area contributed by atoms with Gasteiger partial charge in [0.15, 0.2) is 5.78 Å². The molecule has 0 aliphatic carbocycles. The zero-order valence-corrected chi connectivity index (χ0v) is 18.8. The lowest BCUT2D eigenvalue weighted by molar-refractivity contribution is -0.152. The molecule has 4 rings (SSSR count). The molecular weight excluding hydrogens is 492 g/mol. The third-order valence-electron chi connectivity index (χ3n) is 5.73. The molecule has 1 aliphatic rings. The van der Waals surface area contributed by atoms with E-state index in [0.29, 0.717) is 16.5 Å². The molecule has 1 aromatic carbocycles. The molecule has 0 unspecified atom stereocenters. The maximum atomic E-state index is 12.9. The number of piperazine rings is 1. The predicted octanol–water partition coefficient (Wildman–Crippen LogP) is 3.58. The Hall–Kier alpha value is -3.48. The van der Waals surface area contributed by atoms with Crippen LogP contribution in [0.3, 0.4) is 0 Å². The van der Waals surface area contributed by atoms with Gasteiger partial charge in [0.2, 0.25) is 5.91 Å². The molecule has 0 N–H and O–H groups in total. The number of alkyl halides is 6. The van der Waals surface area contributed by atoms with Crippen molar-refractivity contribution in [3.63, 3.8) is 0 Å². The zero-order valence-electron chi connectivity index (χ0n) is 18.8. The number of nitrogens with zero attached hydrogens (tertiary/aromatic N) is 5. The molecule has 192 valence electrons. The smallest absolute Gasteiger partial charge is 0.339 e. The highest BCUT2D eigenvalue weighted by Crippen LogP contribution is 2.27. The minimum Gasteiger partial charge on any atom is -0.339 e. The molecule has 3 aromatic rings. The van der Waals surface area contributed by atoms with Crippen LogP contribution in [0.2, 0.25) is 0 Å². The van der Waals surface area contributed by atoms with E-state index in [4.69, 9.17) is 0 Å². The van der Waals surface area contributed by atoms with Gasteiger partial charge in [-0.25, -0.2) is 4.98 Å². The number of halogens is 6. The average molecular weight is 513 g/mol. The van der Waals surface area contributed by atoms with Gasteiger partial charge in [0.1, 0.15) is 17.9 Å². The van der Waals surface area contributed by atoms with E-state index in [1.165, 1.54) is 20.5 Å². The van der Waals surface area contributed by atoms with E-state index in [9.17, 15) is 35.9 Å². The summed E-state index contributed by atoms with van der Waals surface area (Å²) in [5.74, 6) is -0.854. The van der Waals surface area contributed by atoms with Gasteiger partial charge in [-0.15, -0.1) is 0 Å². The molecule has 1 aliphatic heterocycles. The highest BCUT2D eigenvalue weighted by Gasteiger charge is 2.34. The maximum absolute atomic E-state index is 12.9. The molecule has 0 spiro atoms. The third kappa shape index (κ3) is 6.39. The van der Waals surface area contributed by atoms with Gasteiger partial charge in [-0.2, -0.15) is 31.4 Å². The first-order valence-corrected chi connectivity index (χ1v) is 11.0. The molecule has 36 heavy (non-hydrogen) atoms. The van der Waals surface area contributed by atoms with Gasteiger partial charge in [0, 0.05) is 44.2 Å². The molecule has 7 nitrogen and oxygen atoms in total. The number of ketones is 1. The molecule has 0 radical (unpaired) electrons. The number of rotatable bonds is 6. The summed E-state index contributed by atoms with van der Waals surface area (Å²) < 4.78 is 77.6. The van der Waals surface area contributed by atoms with Gasteiger partial charge in [-0.3, -0.25) is 19.2 Å². The largest absolute Gasteiger partial charge is 0.433 e. The number of aromatic nitrogens is 3. The first-order valence-electron chi connectivity index (χ1n) is 11.0. The minimum absolute atomic E-state index is 0.101. The number of Topliss-reactive ketones (excluding diaryl/α,β-unsaturated/α-hetero) is 1. The first-order chi connectivity index (χ1) is 16.9. The average Bonchev–Trinajstić information content (AvgIpc) is 3.19. The summed E-state index contributed by atoms with van der Waals surface area (Å²) in [5.41, 5.74) is -0.345. The Kier molecular flexibility index (Phi) is 7.03. The van der Waals surface area contributed by atoms with Crippen LogP contribution < -0.4 is 0 Å². The Morgan fingerprint density at radius 1 is 0.944 bits per heavy atom. The predicted molar refractivity (Wildman–Crippen MR) is 116 cm³/mol. The number of hydrogen-bond donors (Lipinski definition) is 0. The normalized spacial score (nSPS) is 15.4. The van der Waals surface area contributed by atoms with Crippen molar-refractivity contribution in [1.29, 1.82) is 0 Å². The van der Waals surface area contributed by atoms with Crippen LogP contribution in [0, 0.1) is 0 Å². The molecule has 3 heterocycles. The van der Waals surface area contributed by atoms with Crippen molar-refractivity contribution >= 4 is 22.6 Å². The molecule has 0 bridgehead atoms. The number of hydrogen-bond acceptors (Lipinski definition) is 5. The highest BCUT2D eigenvalue weighted by molar-refractivity contribution is 5.96. The summed E-state index contributed by atoms with van der Waals surface area (Å²) in [4.78, 5) is 31.2. The second-order valence-corrected chi connectivity index (χ2v) is 8.50. The van der Waals surface area contributed by atoms with Crippen molar-refractivity contribution in [3.05, 3.63) is 59.5 Å². The molecule has 2 aromatic heterocycles. The fourth-order valence-electron chi connectivity index (χ4n) is 3.99. The van der Waals surface area contributed by atoms with E-state index < -0.39 is 30.4 Å². The topological polar surface area (TPSA) is 71.3 Å². The molecule has 1 saturated heterocycles. The first kappa shape index (κ1) is 25.6. The molecule has 1 amide bonds. The van der Waals surface area contributed by atoms with E-state index in [-0.39, 0.29) is 50.7 Å². The Bertz CT molecular complexity index is 1260. The van der Waals surface area contributed by atoms with Crippen LogP contribution >= 0.6 is 0 Å². The molecular formula is C23H21F6N5O2. The van der Waals surface area contributed by atoms with Crippen LogP contribution in [-0.2, 0) is 23.9 Å². The van der Waals surface area contributed by atoms with Crippen LogP contribution in [-0.4, -0.2) is 75.2 Å². The molecule has 1 fully saturated rings. The highest BCUT2D eigenvalue weighted by atomic mass is 19.4. The number of benzene rings is 1. The van der Waals surface area contributed by atoms with E-state index in [1.807, 2.05) is 0 Å². The van der Waals surface area contributed by atoms with Gasteiger partial charge in [0.05, 0.1) is 12.1 Å². The zero-order chi connectivity index (χ0) is 26.1. The van der Waals surface area contributed by atoms with Crippen molar-refractivity contribution in [3.8, 4) is 0 Å². The van der Waals surface area contributed by atoms with Gasteiger partial charge >= 0.3 is 12.4 Å². The third-order valence-corrected chi connectivity index (χ3v) is 5.73. The Morgan fingerprint density at radius 2 is 1.67 bits per heavy atom. The van der Waals surface area contributed by atoms with Gasteiger partial charge in [-0.1, -0.05) is 12.1 Å². The Labute approximate surface area is 201 Å². The lowest BCUT2D eigenvalue weighted by Crippen LogP contribution is -2.51. The number of pyridine rings is 1. The van der Waals surface area contributed by atoms with Crippen LogP contribution in [0.4, 0.5) is 26.3 Å². The Balaban J connectivity index is 1.38. The van der Waals surface area contributed by atoms with Crippen molar-refractivity contribution in [2.24, 2.45) is 0 Å². The lowest BCUT2D eigenvalue weighted by atomic mass is 10.0. The minimum atomic E-state index is -4.65. The fraction of sp³-hybridized carbons (Fsp3) is 0.391. The van der Waals surface area contributed by atoms with Gasteiger partial charge < -0.3 is 4.90 Å². The van der Waals surface area contributed by atoms with Crippen LogP contribution in [0.1, 0.15) is 21.7 Å². The monoisotopic (exact) mass is 513 g/mol. The summed E-state index contributed by atoms with van der Waals surface area (Å²) in [6.45, 7) is -0.476. The van der Waals surface area contributed by atoms with Gasteiger partial charge in [0.25, 0.3) is 0 Å². The van der Waals surface area contributed by atoms with E-state index in [1.54, 1.807) is 24.4 Å². The van der Waals surface area contributed by atoms with Crippen molar-refractivity contribution in [2.75, 3.05) is 32.7 Å². The van der Waals surface area contributed by atoms with Crippen molar-refractivity contribution in [1.82, 2.24) is 24.6 Å². The SMILES string of the molecule is O=C(Cc1ccc2nn(CC(=O)N3CCN(CC(F)(F)F)CC3)cc2c1)c1cccc(C(F)(F)F)n1. The summed E-state index contributed by atoms with van der Waals surface area (Å²) in [7, 11) is 0. The van der Waals surface area contributed by atoms with Crippen molar-refractivity contribution < 1.29 is 35.9 Å². The standard InChI is InChI=1S/C23H21F6N5O2/c24-22(25,26)14-32-6-8-33(9-7-32)21(36)13-34-12-16-10-15(4-5-17(16)31-34)11-19(35)18-2-1-3-20(30-18)23(27,28)29/h1-5,10,12H,6-9,11,13-14H2. The molecule has 0 saturated carbocycles. The number of carbonyl (C=O) groups excluding carboxylic acids is 2. The molecule has 13 heteroatoms. The summed E-state index contributed by atoms with van der Waals surface area (Å²) >= 11 is 0. The second-order valence-electron chi connectivity index (χ2n) is 8.50. The van der Waals surface area contributed by atoms with Gasteiger partial charge in [-0.05, 0) is 29.8 Å². The van der Waals surface area contributed by atoms with Crippen molar-refractivity contribution in [2.45, 2.75) is 25.3 Å². The fourth-order valence-corrected chi connectivity index (χ4v) is 3.99. The summed E-state index contributed by atoms with van der Waals surface area (Å²) in [6.07, 6.45) is -7.51. The summed E-state index contributed by atoms with van der Waals surface area (Å²) in [6, 6.07) is 8.05. The molecule has 0 atom stereocenters. The number of carbonyl (C=O) groups is 2. The van der Waals surface area contributed by atoms with E-state index >= 15 is 0 Å². The quantitative estimate of drug-likeness (QED) is 0.372. The number of fused-ring (bicyclic) bond motifs is 1. The maximum Gasteiger partial charge on any atom is 0.433 e.